The molecule has 0 radical (unpaired) electrons. The molecule has 2 aromatic carbocycles. The van der Waals surface area contributed by atoms with Crippen LogP contribution in [0.25, 0.3) is 10.8 Å². The van der Waals surface area contributed by atoms with E-state index >= 15 is 0 Å². The van der Waals surface area contributed by atoms with Gasteiger partial charge in [-0.15, -0.1) is 0 Å². The van der Waals surface area contributed by atoms with Crippen LogP contribution in [0.15, 0.2) is 79.1 Å². The Kier molecular flexibility index (Phi) is 7.59. The molecule has 4 heteroatoms. The highest BCUT2D eigenvalue weighted by molar-refractivity contribution is 5.86. The van der Waals surface area contributed by atoms with Crippen molar-refractivity contribution in [1.29, 1.82) is 0 Å². The van der Waals surface area contributed by atoms with Crippen LogP contribution in [-0.2, 0) is 11.3 Å². The van der Waals surface area contributed by atoms with Gasteiger partial charge in [-0.05, 0) is 54.8 Å². The summed E-state index contributed by atoms with van der Waals surface area (Å²) in [6, 6.07) is 18.8. The van der Waals surface area contributed by atoms with Gasteiger partial charge in [0.25, 0.3) is 0 Å². The van der Waals surface area contributed by atoms with Crippen LogP contribution in [0.3, 0.4) is 0 Å². The summed E-state index contributed by atoms with van der Waals surface area (Å²) in [4.78, 5) is 16.5. The van der Waals surface area contributed by atoms with Crippen LogP contribution in [0.4, 0.5) is 0 Å². The van der Waals surface area contributed by atoms with Crippen LogP contribution in [0, 0.1) is 17.3 Å². The second kappa shape index (κ2) is 10.6. The Morgan fingerprint density at radius 3 is 2.74 bits per heavy atom. The molecular weight excluding hydrogens is 382 g/mol. The van der Waals surface area contributed by atoms with Gasteiger partial charge >= 0.3 is 0 Å². The Labute approximate surface area is 184 Å². The van der Waals surface area contributed by atoms with Crippen molar-refractivity contribution in [2.75, 3.05) is 6.54 Å². The van der Waals surface area contributed by atoms with E-state index in [1.54, 1.807) is 18.5 Å². The number of carbonyl (C=O) groups excluding carboxylic acids is 1. The molecule has 0 aliphatic heterocycles. The number of nitrogens with one attached hydrogen (secondary N) is 2. The molecule has 0 aliphatic carbocycles. The van der Waals surface area contributed by atoms with Crippen LogP contribution in [0.1, 0.15) is 37.9 Å². The highest BCUT2D eigenvalue weighted by Gasteiger charge is 2.24. The van der Waals surface area contributed by atoms with Gasteiger partial charge in [0.05, 0.1) is 0 Å². The number of hydrogen-bond acceptors (Lipinski definition) is 3. The zero-order valence-electron chi connectivity index (χ0n) is 18.4. The number of amides is 1. The zero-order chi connectivity index (χ0) is 22.1. The van der Waals surface area contributed by atoms with E-state index < -0.39 is 5.41 Å². The number of fused-ring (bicyclic) bond motifs is 1. The summed E-state index contributed by atoms with van der Waals surface area (Å²) in [6.07, 6.45) is 7.25. The molecule has 0 bridgehead atoms. The fourth-order valence-corrected chi connectivity index (χ4v) is 3.29. The maximum absolute atomic E-state index is 12.4. The fourth-order valence-electron chi connectivity index (χ4n) is 3.29. The van der Waals surface area contributed by atoms with E-state index in [1.807, 2.05) is 32.1 Å². The van der Waals surface area contributed by atoms with Crippen LogP contribution < -0.4 is 10.6 Å². The normalized spacial score (nSPS) is 12.4. The van der Waals surface area contributed by atoms with E-state index in [1.165, 1.54) is 16.3 Å². The number of rotatable bonds is 7. The second-order valence-electron chi connectivity index (χ2n) is 8.04. The molecule has 1 atom stereocenters. The van der Waals surface area contributed by atoms with Crippen LogP contribution in [0.5, 0.6) is 0 Å². The van der Waals surface area contributed by atoms with Crippen molar-refractivity contribution in [2.24, 2.45) is 5.41 Å². The molecule has 0 unspecified atom stereocenters. The van der Waals surface area contributed by atoms with Crippen LogP contribution >= 0.6 is 0 Å². The van der Waals surface area contributed by atoms with Crippen LogP contribution in [0.2, 0.25) is 0 Å². The summed E-state index contributed by atoms with van der Waals surface area (Å²) < 4.78 is 0. The summed E-state index contributed by atoms with van der Waals surface area (Å²) in [7, 11) is 0. The molecule has 1 aromatic heterocycles. The molecule has 0 fully saturated rings. The maximum atomic E-state index is 12.4. The Bertz CT molecular complexity index is 1100. The Balaban J connectivity index is 1.49. The number of benzene rings is 2. The Morgan fingerprint density at radius 2 is 1.94 bits per heavy atom. The Hall–Kier alpha value is -3.42. The molecular formula is C27H29N3O. The third-order valence-electron chi connectivity index (χ3n) is 5.16. The van der Waals surface area contributed by atoms with Gasteiger partial charge in [0.2, 0.25) is 5.91 Å². The number of carbonyl (C=O) groups is 1. The SMILES string of the molecule is C[C@@H](NCC=CC#CC(C)(C)C(=O)NCc1cccnc1)c1cccc2ccccc12. The van der Waals surface area contributed by atoms with Gasteiger partial charge < -0.3 is 10.6 Å². The largest absolute Gasteiger partial charge is 0.351 e. The van der Waals surface area contributed by atoms with E-state index in [4.69, 9.17) is 0 Å². The first-order valence-corrected chi connectivity index (χ1v) is 10.5. The van der Waals surface area contributed by atoms with Crippen molar-refractivity contribution in [3.8, 4) is 11.8 Å². The lowest BCUT2D eigenvalue weighted by molar-refractivity contribution is -0.126. The lowest BCUT2D eigenvalue weighted by atomic mass is 9.93. The van der Waals surface area contributed by atoms with Gasteiger partial charge in [-0.1, -0.05) is 66.4 Å². The molecule has 1 heterocycles. The van der Waals surface area contributed by atoms with Gasteiger partial charge in [-0.2, -0.15) is 0 Å². The predicted molar refractivity (Wildman–Crippen MR) is 127 cm³/mol. The minimum absolute atomic E-state index is 0.0973. The first-order valence-electron chi connectivity index (χ1n) is 10.5. The summed E-state index contributed by atoms with van der Waals surface area (Å²) in [5, 5.41) is 8.95. The minimum atomic E-state index is -0.768. The van der Waals surface area contributed by atoms with Crippen molar-refractivity contribution >= 4 is 16.7 Å². The number of allylic oxidation sites excluding steroid dienone is 1. The Morgan fingerprint density at radius 1 is 1.13 bits per heavy atom. The second-order valence-corrected chi connectivity index (χ2v) is 8.04. The summed E-state index contributed by atoms with van der Waals surface area (Å²) in [6.45, 7) is 6.97. The quantitative estimate of drug-likeness (QED) is 0.550. The predicted octanol–water partition coefficient (Wildman–Crippen LogP) is 4.79. The van der Waals surface area contributed by atoms with Crippen LogP contribution in [-0.4, -0.2) is 17.4 Å². The standard InChI is InChI=1S/C27H29N3O/c1-21(24-15-9-13-23-12-5-6-14-25(23)24)29-18-8-4-7-16-27(2,3)26(31)30-20-22-11-10-17-28-19-22/h4-6,8-15,17,19,21,29H,18,20H2,1-3H3,(H,30,31)/t21-/m1/s1. The fraction of sp³-hybridized carbons (Fsp3) is 0.259. The highest BCUT2D eigenvalue weighted by Crippen LogP contribution is 2.23. The number of nitrogens with zero attached hydrogens (tertiary/aromatic N) is 1. The highest BCUT2D eigenvalue weighted by atomic mass is 16.2. The van der Waals surface area contributed by atoms with Gasteiger partial charge in [0, 0.05) is 31.5 Å². The average Bonchev–Trinajstić information content (AvgIpc) is 2.79. The zero-order valence-corrected chi connectivity index (χ0v) is 18.4. The molecule has 1 amide bonds. The van der Waals surface area contributed by atoms with Crippen molar-refractivity contribution in [3.05, 3.63) is 90.3 Å². The first kappa shape index (κ1) is 22.3. The number of hydrogen-bond donors (Lipinski definition) is 2. The lowest BCUT2D eigenvalue weighted by Gasteiger charge is -2.17. The smallest absolute Gasteiger partial charge is 0.237 e. The summed E-state index contributed by atoms with van der Waals surface area (Å²) in [5.74, 6) is 5.95. The summed E-state index contributed by atoms with van der Waals surface area (Å²) >= 11 is 0. The molecule has 0 spiro atoms. The minimum Gasteiger partial charge on any atom is -0.351 e. The first-order chi connectivity index (χ1) is 15.0. The molecule has 0 aliphatic rings. The van der Waals surface area contributed by atoms with Gasteiger partial charge in [0.15, 0.2) is 0 Å². The van der Waals surface area contributed by atoms with Gasteiger partial charge in [-0.3, -0.25) is 9.78 Å². The van der Waals surface area contributed by atoms with Gasteiger partial charge in [-0.25, -0.2) is 0 Å². The summed E-state index contributed by atoms with van der Waals surface area (Å²) in [5.41, 5.74) is 1.48. The van der Waals surface area contributed by atoms with Crippen molar-refractivity contribution in [2.45, 2.75) is 33.4 Å². The van der Waals surface area contributed by atoms with E-state index in [0.717, 1.165) is 5.56 Å². The van der Waals surface area contributed by atoms with Crippen molar-refractivity contribution in [1.82, 2.24) is 15.6 Å². The molecule has 3 rings (SSSR count). The van der Waals surface area contributed by atoms with E-state index in [2.05, 4.69) is 76.8 Å². The van der Waals surface area contributed by atoms with E-state index in [9.17, 15) is 4.79 Å². The number of pyridine rings is 1. The van der Waals surface area contributed by atoms with E-state index in [0.29, 0.717) is 13.1 Å². The third kappa shape index (κ3) is 6.28. The maximum Gasteiger partial charge on any atom is 0.237 e. The molecule has 31 heavy (non-hydrogen) atoms. The number of aromatic nitrogens is 1. The monoisotopic (exact) mass is 411 g/mol. The molecule has 158 valence electrons. The molecule has 4 nitrogen and oxygen atoms in total. The molecule has 3 aromatic rings. The topological polar surface area (TPSA) is 54.0 Å². The average molecular weight is 412 g/mol. The van der Waals surface area contributed by atoms with Crippen molar-refractivity contribution < 1.29 is 4.79 Å². The molecule has 0 saturated heterocycles. The van der Waals surface area contributed by atoms with Gasteiger partial charge in [0.1, 0.15) is 5.41 Å². The van der Waals surface area contributed by atoms with Crippen molar-refractivity contribution in [3.63, 3.8) is 0 Å². The lowest BCUT2D eigenvalue weighted by Crippen LogP contribution is -2.35. The molecule has 0 saturated carbocycles. The van der Waals surface area contributed by atoms with E-state index in [-0.39, 0.29) is 11.9 Å². The third-order valence-corrected chi connectivity index (χ3v) is 5.16. The molecule has 2 N–H and O–H groups in total.